The molecule has 20 heavy (non-hydrogen) atoms. The molecule has 7 heteroatoms. The lowest BCUT2D eigenvalue weighted by molar-refractivity contribution is -0.122. The molecule has 1 aliphatic rings. The van der Waals surface area contributed by atoms with Crippen molar-refractivity contribution < 1.29 is 13.2 Å². The third-order valence-electron chi connectivity index (χ3n) is 3.27. The molecule has 1 aromatic rings. The van der Waals surface area contributed by atoms with E-state index in [1.54, 1.807) is 19.1 Å². The minimum Gasteiger partial charge on any atom is -0.355 e. The van der Waals surface area contributed by atoms with Gasteiger partial charge < -0.3 is 5.32 Å². The zero-order valence-electron chi connectivity index (χ0n) is 11.1. The van der Waals surface area contributed by atoms with E-state index < -0.39 is 16.1 Å². The lowest BCUT2D eigenvalue weighted by atomic mass is 10.1. The Morgan fingerprint density at radius 2 is 2.10 bits per heavy atom. The Balaban J connectivity index is 2.26. The van der Waals surface area contributed by atoms with E-state index in [-0.39, 0.29) is 10.8 Å². The highest BCUT2D eigenvalue weighted by molar-refractivity contribution is 7.89. The molecule has 2 N–H and O–H groups in total. The Kier molecular flexibility index (Phi) is 4.67. The van der Waals surface area contributed by atoms with Crippen molar-refractivity contribution >= 4 is 27.5 Å². The Morgan fingerprint density at radius 3 is 2.85 bits per heavy atom. The van der Waals surface area contributed by atoms with Crippen molar-refractivity contribution in [1.82, 2.24) is 10.0 Å². The number of nitrogens with one attached hydrogen (secondary N) is 2. The van der Waals surface area contributed by atoms with Gasteiger partial charge in [-0.2, -0.15) is 4.72 Å². The van der Waals surface area contributed by atoms with Crippen LogP contribution in [0.2, 0.25) is 5.02 Å². The van der Waals surface area contributed by atoms with Crippen LogP contribution in [-0.4, -0.2) is 26.9 Å². The summed E-state index contributed by atoms with van der Waals surface area (Å²) >= 11 is 5.85. The fraction of sp³-hybridized carbons (Fsp3) is 0.462. The molecule has 0 aliphatic carbocycles. The smallest absolute Gasteiger partial charge is 0.241 e. The summed E-state index contributed by atoms with van der Waals surface area (Å²) in [7, 11) is -3.76. The molecular formula is C13H17ClN2O3S. The van der Waals surface area contributed by atoms with E-state index in [1.807, 2.05) is 0 Å². The fourth-order valence-electron chi connectivity index (χ4n) is 2.17. The summed E-state index contributed by atoms with van der Waals surface area (Å²) in [6.45, 7) is 2.28. The van der Waals surface area contributed by atoms with E-state index in [1.165, 1.54) is 6.07 Å². The molecule has 1 heterocycles. The standard InChI is InChI=1S/C13H17ClN2O3S/c1-9-5-6-10(14)8-12(9)20(18,19)16-11-4-2-3-7-15-13(11)17/h5-6,8,11,16H,2-4,7H2,1H3,(H,15,17). The Bertz CT molecular complexity index is 616. The summed E-state index contributed by atoms with van der Waals surface area (Å²) in [5, 5.41) is 3.05. The molecule has 0 saturated carbocycles. The Morgan fingerprint density at radius 1 is 1.35 bits per heavy atom. The van der Waals surface area contributed by atoms with Crippen molar-refractivity contribution in [2.75, 3.05) is 6.54 Å². The van der Waals surface area contributed by atoms with Crippen LogP contribution in [0.4, 0.5) is 0 Å². The average molecular weight is 317 g/mol. The number of amides is 1. The summed E-state index contributed by atoms with van der Waals surface area (Å²) in [6, 6.07) is 3.95. The van der Waals surface area contributed by atoms with Crippen LogP contribution in [0.25, 0.3) is 0 Å². The van der Waals surface area contributed by atoms with Crippen LogP contribution in [-0.2, 0) is 14.8 Å². The van der Waals surface area contributed by atoms with Crippen molar-refractivity contribution in [2.24, 2.45) is 0 Å². The minimum atomic E-state index is -3.76. The van der Waals surface area contributed by atoms with Gasteiger partial charge in [0.25, 0.3) is 0 Å². The van der Waals surface area contributed by atoms with Gasteiger partial charge in [-0.05, 0) is 43.9 Å². The molecule has 0 radical (unpaired) electrons. The van der Waals surface area contributed by atoms with Gasteiger partial charge in [-0.1, -0.05) is 17.7 Å². The number of hydrogen-bond acceptors (Lipinski definition) is 3. The van der Waals surface area contributed by atoms with Gasteiger partial charge in [-0.25, -0.2) is 8.42 Å². The van der Waals surface area contributed by atoms with Gasteiger partial charge in [0.05, 0.1) is 4.90 Å². The maximum Gasteiger partial charge on any atom is 0.241 e. The number of carbonyl (C=O) groups is 1. The van der Waals surface area contributed by atoms with Gasteiger partial charge in [0, 0.05) is 11.6 Å². The fourth-order valence-corrected chi connectivity index (χ4v) is 3.90. The molecule has 1 saturated heterocycles. The first kappa shape index (κ1) is 15.3. The van der Waals surface area contributed by atoms with Crippen molar-refractivity contribution in [3.63, 3.8) is 0 Å². The number of carbonyl (C=O) groups excluding carboxylic acids is 1. The summed E-state index contributed by atoms with van der Waals surface area (Å²) in [6.07, 6.45) is 2.17. The predicted molar refractivity (Wildman–Crippen MR) is 77.2 cm³/mol. The molecule has 0 aromatic heterocycles. The number of aryl methyl sites for hydroxylation is 1. The van der Waals surface area contributed by atoms with Crippen LogP contribution in [0.1, 0.15) is 24.8 Å². The first-order valence-corrected chi connectivity index (χ1v) is 8.32. The Hall–Kier alpha value is -1.11. The van der Waals surface area contributed by atoms with Gasteiger partial charge >= 0.3 is 0 Å². The lowest BCUT2D eigenvalue weighted by Crippen LogP contribution is -2.45. The zero-order chi connectivity index (χ0) is 14.8. The molecule has 1 amide bonds. The van der Waals surface area contributed by atoms with Crippen molar-refractivity contribution in [3.8, 4) is 0 Å². The molecule has 1 unspecified atom stereocenters. The maximum absolute atomic E-state index is 12.4. The number of benzene rings is 1. The van der Waals surface area contributed by atoms with E-state index >= 15 is 0 Å². The number of halogens is 1. The van der Waals surface area contributed by atoms with Gasteiger partial charge in [-0.15, -0.1) is 0 Å². The molecule has 1 aliphatic heterocycles. The monoisotopic (exact) mass is 316 g/mol. The van der Waals surface area contributed by atoms with Crippen LogP contribution in [0.15, 0.2) is 23.1 Å². The molecule has 1 atom stereocenters. The van der Waals surface area contributed by atoms with Crippen molar-refractivity contribution in [3.05, 3.63) is 28.8 Å². The van der Waals surface area contributed by atoms with Crippen LogP contribution in [0.5, 0.6) is 0 Å². The second kappa shape index (κ2) is 6.11. The molecule has 1 fully saturated rings. The van der Waals surface area contributed by atoms with E-state index in [4.69, 9.17) is 11.6 Å². The highest BCUT2D eigenvalue weighted by Gasteiger charge is 2.27. The summed E-state index contributed by atoms with van der Waals surface area (Å²) in [4.78, 5) is 11.9. The predicted octanol–water partition coefficient (Wildman–Crippen LogP) is 1.60. The summed E-state index contributed by atoms with van der Waals surface area (Å²) in [5.41, 5.74) is 0.593. The highest BCUT2D eigenvalue weighted by atomic mass is 35.5. The largest absolute Gasteiger partial charge is 0.355 e. The summed E-state index contributed by atoms with van der Waals surface area (Å²) < 4.78 is 27.2. The van der Waals surface area contributed by atoms with Crippen LogP contribution in [0.3, 0.4) is 0 Å². The van der Waals surface area contributed by atoms with E-state index in [0.717, 1.165) is 12.8 Å². The zero-order valence-corrected chi connectivity index (χ0v) is 12.7. The van der Waals surface area contributed by atoms with Crippen LogP contribution >= 0.6 is 11.6 Å². The quantitative estimate of drug-likeness (QED) is 0.889. The van der Waals surface area contributed by atoms with Crippen molar-refractivity contribution in [2.45, 2.75) is 37.1 Å². The van der Waals surface area contributed by atoms with Gasteiger partial charge in [0.1, 0.15) is 6.04 Å². The van der Waals surface area contributed by atoms with E-state index in [9.17, 15) is 13.2 Å². The van der Waals surface area contributed by atoms with E-state index in [0.29, 0.717) is 23.6 Å². The summed E-state index contributed by atoms with van der Waals surface area (Å²) in [5.74, 6) is -0.272. The molecule has 110 valence electrons. The van der Waals surface area contributed by atoms with Crippen LogP contribution in [0, 0.1) is 6.92 Å². The SMILES string of the molecule is Cc1ccc(Cl)cc1S(=O)(=O)NC1CCCCNC1=O. The molecule has 1 aromatic carbocycles. The molecule has 5 nitrogen and oxygen atoms in total. The second-order valence-corrected chi connectivity index (χ2v) is 6.99. The topological polar surface area (TPSA) is 75.3 Å². The number of hydrogen-bond donors (Lipinski definition) is 2. The third kappa shape index (κ3) is 3.50. The minimum absolute atomic E-state index is 0.113. The van der Waals surface area contributed by atoms with E-state index in [2.05, 4.69) is 10.0 Å². The normalized spacial score (nSPS) is 20.3. The number of rotatable bonds is 3. The Labute approximate surface area is 123 Å². The van der Waals surface area contributed by atoms with Crippen molar-refractivity contribution in [1.29, 1.82) is 0 Å². The molecular weight excluding hydrogens is 300 g/mol. The number of sulfonamides is 1. The first-order chi connectivity index (χ1) is 9.40. The molecule has 0 bridgehead atoms. The lowest BCUT2D eigenvalue weighted by Gasteiger charge is -2.16. The second-order valence-electron chi connectivity index (χ2n) is 4.87. The van der Waals surface area contributed by atoms with Gasteiger partial charge in [-0.3, -0.25) is 4.79 Å². The molecule has 0 spiro atoms. The molecule has 2 rings (SSSR count). The van der Waals surface area contributed by atoms with Crippen LogP contribution < -0.4 is 10.0 Å². The highest BCUT2D eigenvalue weighted by Crippen LogP contribution is 2.21. The van der Waals surface area contributed by atoms with Gasteiger partial charge in [0.15, 0.2) is 0 Å². The first-order valence-electron chi connectivity index (χ1n) is 6.46. The van der Waals surface area contributed by atoms with Gasteiger partial charge in [0.2, 0.25) is 15.9 Å². The third-order valence-corrected chi connectivity index (χ3v) is 5.12. The average Bonchev–Trinajstić information content (AvgIpc) is 2.57. The maximum atomic E-state index is 12.4.